The standard InChI is InChI=1S/C27H32N4O4/c1-27(2,3)21-12-10-18(11-13-21)24-29-23(35-30-24)17-31-14-6-8-20(16-31)25(32)28-22-9-5-7-19(15-22)26(33)34-4/h5,7,9-13,15,20H,6,8,14,16-17H2,1-4H3,(H,28,32). The number of likely N-dealkylation sites (tertiary alicyclic amines) is 1. The van der Waals surface area contributed by atoms with Crippen LogP contribution in [-0.4, -0.2) is 47.1 Å². The molecule has 1 saturated heterocycles. The lowest BCUT2D eigenvalue weighted by molar-refractivity contribution is -0.121. The first-order valence-electron chi connectivity index (χ1n) is 11.9. The summed E-state index contributed by atoms with van der Waals surface area (Å²) < 4.78 is 10.3. The molecule has 1 atom stereocenters. The van der Waals surface area contributed by atoms with Gasteiger partial charge in [0.15, 0.2) is 0 Å². The number of amides is 1. The molecule has 1 fully saturated rings. The number of ether oxygens (including phenoxy) is 1. The molecule has 8 nitrogen and oxygen atoms in total. The predicted octanol–water partition coefficient (Wildman–Crippen LogP) is 4.67. The van der Waals surface area contributed by atoms with Gasteiger partial charge in [0, 0.05) is 17.8 Å². The van der Waals surface area contributed by atoms with Gasteiger partial charge in [0.25, 0.3) is 0 Å². The minimum atomic E-state index is -0.436. The van der Waals surface area contributed by atoms with Gasteiger partial charge in [-0.1, -0.05) is 56.3 Å². The van der Waals surface area contributed by atoms with Gasteiger partial charge in [-0.15, -0.1) is 0 Å². The third-order valence-corrected chi connectivity index (χ3v) is 6.26. The van der Waals surface area contributed by atoms with E-state index in [4.69, 9.17) is 9.26 Å². The summed E-state index contributed by atoms with van der Waals surface area (Å²) in [6.07, 6.45) is 1.70. The summed E-state index contributed by atoms with van der Waals surface area (Å²) in [5.41, 5.74) is 3.23. The molecule has 0 saturated carbocycles. The van der Waals surface area contributed by atoms with E-state index in [1.165, 1.54) is 12.7 Å². The van der Waals surface area contributed by atoms with Crippen molar-refractivity contribution in [1.29, 1.82) is 0 Å². The number of nitrogens with one attached hydrogen (secondary N) is 1. The van der Waals surface area contributed by atoms with Crippen molar-refractivity contribution in [3.63, 3.8) is 0 Å². The fourth-order valence-corrected chi connectivity index (χ4v) is 4.25. The zero-order chi connectivity index (χ0) is 25.0. The van der Waals surface area contributed by atoms with E-state index in [9.17, 15) is 9.59 Å². The molecule has 1 N–H and O–H groups in total. The molecule has 184 valence electrons. The van der Waals surface area contributed by atoms with Gasteiger partial charge in [-0.3, -0.25) is 9.69 Å². The van der Waals surface area contributed by atoms with Crippen LogP contribution < -0.4 is 5.32 Å². The Labute approximate surface area is 205 Å². The van der Waals surface area contributed by atoms with Crippen molar-refractivity contribution in [3.05, 3.63) is 65.5 Å². The fourth-order valence-electron chi connectivity index (χ4n) is 4.25. The molecule has 0 radical (unpaired) electrons. The number of anilines is 1. The Hall–Kier alpha value is -3.52. The van der Waals surface area contributed by atoms with Crippen LogP contribution in [0.5, 0.6) is 0 Å². The molecule has 1 aliphatic rings. The molecular weight excluding hydrogens is 444 g/mol. The van der Waals surface area contributed by atoms with Crippen LogP contribution in [0, 0.1) is 5.92 Å². The normalized spacial score (nSPS) is 16.6. The molecular formula is C27H32N4O4. The molecule has 1 aromatic heterocycles. The van der Waals surface area contributed by atoms with Crippen LogP contribution in [0.3, 0.4) is 0 Å². The summed E-state index contributed by atoms with van der Waals surface area (Å²) in [4.78, 5) is 31.4. The number of carbonyl (C=O) groups is 2. The van der Waals surface area contributed by atoms with E-state index in [1.807, 2.05) is 12.1 Å². The average molecular weight is 477 g/mol. The number of carbonyl (C=O) groups excluding carboxylic acids is 2. The average Bonchev–Trinajstić information content (AvgIpc) is 3.32. The lowest BCUT2D eigenvalue weighted by atomic mass is 9.87. The molecule has 1 amide bonds. The maximum Gasteiger partial charge on any atom is 0.337 e. The third-order valence-electron chi connectivity index (χ3n) is 6.26. The summed E-state index contributed by atoms with van der Waals surface area (Å²) >= 11 is 0. The highest BCUT2D eigenvalue weighted by molar-refractivity contribution is 5.95. The van der Waals surface area contributed by atoms with Crippen LogP contribution in [0.4, 0.5) is 5.69 Å². The second-order valence-corrected chi connectivity index (χ2v) is 9.97. The minimum absolute atomic E-state index is 0.0677. The van der Waals surface area contributed by atoms with E-state index in [1.54, 1.807) is 24.3 Å². The number of hydrogen-bond acceptors (Lipinski definition) is 7. The summed E-state index contributed by atoms with van der Waals surface area (Å²) in [5.74, 6) is 0.428. The van der Waals surface area contributed by atoms with E-state index in [0.29, 0.717) is 36.1 Å². The number of piperidine rings is 1. The van der Waals surface area contributed by atoms with Crippen LogP contribution in [-0.2, 0) is 21.5 Å². The molecule has 0 aliphatic carbocycles. The maximum absolute atomic E-state index is 12.9. The summed E-state index contributed by atoms with van der Waals surface area (Å²) in [6.45, 7) is 8.49. The Morgan fingerprint density at radius 2 is 1.94 bits per heavy atom. The van der Waals surface area contributed by atoms with Gasteiger partial charge in [-0.2, -0.15) is 4.98 Å². The first kappa shape index (κ1) is 24.6. The highest BCUT2D eigenvalue weighted by atomic mass is 16.5. The summed E-state index contributed by atoms with van der Waals surface area (Å²) in [7, 11) is 1.33. The molecule has 1 unspecified atom stereocenters. The van der Waals surface area contributed by atoms with E-state index in [-0.39, 0.29) is 17.2 Å². The number of hydrogen-bond donors (Lipinski definition) is 1. The second-order valence-electron chi connectivity index (χ2n) is 9.97. The molecule has 4 rings (SSSR count). The van der Waals surface area contributed by atoms with E-state index < -0.39 is 5.97 Å². The zero-order valence-electron chi connectivity index (χ0n) is 20.7. The molecule has 35 heavy (non-hydrogen) atoms. The van der Waals surface area contributed by atoms with Gasteiger partial charge in [-0.05, 0) is 48.6 Å². The van der Waals surface area contributed by atoms with Crippen LogP contribution in [0.1, 0.15) is 55.4 Å². The van der Waals surface area contributed by atoms with Crippen molar-refractivity contribution < 1.29 is 18.8 Å². The molecule has 8 heteroatoms. The van der Waals surface area contributed by atoms with E-state index >= 15 is 0 Å². The number of nitrogens with zero attached hydrogens (tertiary/aromatic N) is 3. The Morgan fingerprint density at radius 1 is 1.17 bits per heavy atom. The number of methoxy groups -OCH3 is 1. The second kappa shape index (κ2) is 10.4. The molecule has 3 aromatic rings. The number of rotatable bonds is 6. The first-order valence-corrected chi connectivity index (χ1v) is 11.9. The van der Waals surface area contributed by atoms with Crippen molar-refractivity contribution in [2.75, 3.05) is 25.5 Å². The first-order chi connectivity index (χ1) is 16.7. The summed E-state index contributed by atoms with van der Waals surface area (Å²) in [6, 6.07) is 15.0. The fraction of sp³-hybridized carbons (Fsp3) is 0.407. The summed E-state index contributed by atoms with van der Waals surface area (Å²) in [5, 5.41) is 7.08. The predicted molar refractivity (Wildman–Crippen MR) is 133 cm³/mol. The van der Waals surface area contributed by atoms with Crippen molar-refractivity contribution in [1.82, 2.24) is 15.0 Å². The Kier molecular flexibility index (Phi) is 7.31. The highest BCUT2D eigenvalue weighted by Crippen LogP contribution is 2.26. The largest absolute Gasteiger partial charge is 0.465 e. The van der Waals surface area contributed by atoms with Gasteiger partial charge < -0.3 is 14.6 Å². The number of esters is 1. The van der Waals surface area contributed by atoms with Gasteiger partial charge in [0.2, 0.25) is 17.6 Å². The Balaban J connectivity index is 1.36. The van der Waals surface area contributed by atoms with E-state index in [2.05, 4.69) is 53.3 Å². The minimum Gasteiger partial charge on any atom is -0.465 e. The Morgan fingerprint density at radius 3 is 2.66 bits per heavy atom. The van der Waals surface area contributed by atoms with Gasteiger partial charge in [0.1, 0.15) is 0 Å². The molecule has 2 heterocycles. The number of benzene rings is 2. The van der Waals surface area contributed by atoms with Crippen molar-refractivity contribution in [3.8, 4) is 11.4 Å². The quantitative estimate of drug-likeness (QED) is 0.516. The van der Waals surface area contributed by atoms with Gasteiger partial charge in [0.05, 0.1) is 25.1 Å². The van der Waals surface area contributed by atoms with Crippen molar-refractivity contribution in [2.24, 2.45) is 5.92 Å². The third kappa shape index (κ3) is 6.14. The molecule has 0 bridgehead atoms. The van der Waals surface area contributed by atoms with Crippen LogP contribution in [0.15, 0.2) is 53.1 Å². The zero-order valence-corrected chi connectivity index (χ0v) is 20.7. The molecule has 1 aliphatic heterocycles. The van der Waals surface area contributed by atoms with E-state index in [0.717, 1.165) is 24.9 Å². The highest BCUT2D eigenvalue weighted by Gasteiger charge is 2.27. The monoisotopic (exact) mass is 476 g/mol. The lowest BCUT2D eigenvalue weighted by Gasteiger charge is -2.30. The topological polar surface area (TPSA) is 97.6 Å². The molecule has 0 spiro atoms. The van der Waals surface area contributed by atoms with Gasteiger partial charge >= 0.3 is 5.97 Å². The SMILES string of the molecule is COC(=O)c1cccc(NC(=O)C2CCCN(Cc3nc(-c4ccc(C(C)(C)C)cc4)no3)C2)c1. The smallest absolute Gasteiger partial charge is 0.337 e. The van der Waals surface area contributed by atoms with Crippen LogP contribution in [0.2, 0.25) is 0 Å². The lowest BCUT2D eigenvalue weighted by Crippen LogP contribution is -2.40. The van der Waals surface area contributed by atoms with Gasteiger partial charge in [-0.25, -0.2) is 4.79 Å². The van der Waals surface area contributed by atoms with Crippen LogP contribution >= 0.6 is 0 Å². The Bertz CT molecular complexity index is 1180. The molecule has 2 aromatic carbocycles. The van der Waals surface area contributed by atoms with Crippen LogP contribution in [0.25, 0.3) is 11.4 Å². The number of aromatic nitrogens is 2. The van der Waals surface area contributed by atoms with Crippen molar-refractivity contribution in [2.45, 2.75) is 45.6 Å². The maximum atomic E-state index is 12.9. The van der Waals surface area contributed by atoms with Crippen molar-refractivity contribution >= 4 is 17.6 Å².